The van der Waals surface area contributed by atoms with Crippen LogP contribution in [0, 0.1) is 11.8 Å². The fourth-order valence-corrected chi connectivity index (χ4v) is 8.85. The third-order valence-corrected chi connectivity index (χ3v) is 12.3. The first kappa shape index (κ1) is 53.3. The van der Waals surface area contributed by atoms with Crippen molar-refractivity contribution in [2.45, 2.75) is 129 Å². The molecule has 4 saturated carbocycles. The van der Waals surface area contributed by atoms with Crippen LogP contribution in [0.3, 0.4) is 0 Å². The molecule has 0 atom stereocenters. The van der Waals surface area contributed by atoms with Crippen LogP contribution in [-0.4, -0.2) is 9.97 Å². The molecule has 0 bridgehead atoms. The number of hydrogen-bond donors (Lipinski definition) is 0. The molecule has 0 radical (unpaired) electrons. The third kappa shape index (κ3) is 17.5. The second-order valence-corrected chi connectivity index (χ2v) is 16.8. The largest absolute Gasteiger partial charge is 1.00 e. The van der Waals surface area contributed by atoms with Gasteiger partial charge in [-0.1, -0.05) is 102 Å². The average Bonchev–Trinajstić information content (AvgIpc) is 4.17. The molecule has 10 rings (SSSR count). The fraction of sp³-hybridized carbons (Fsp3) is 0.423. The van der Waals surface area contributed by atoms with Crippen molar-refractivity contribution in [2.24, 2.45) is 11.8 Å². The first-order valence-electron chi connectivity index (χ1n) is 22.6. The molecule has 4 aliphatic carbocycles. The molecule has 6 heterocycles. The maximum atomic E-state index is 4.37. The van der Waals surface area contributed by atoms with Crippen LogP contribution < -0.4 is 54.7 Å². The summed E-state index contributed by atoms with van der Waals surface area (Å²) in [5.41, 5.74) is 4.97. The van der Waals surface area contributed by atoms with E-state index in [0.29, 0.717) is 0 Å². The molecule has 0 amide bonds. The molecule has 0 N–H and O–H groups in total. The van der Waals surface area contributed by atoms with Crippen molar-refractivity contribution in [3.8, 4) is 33.9 Å². The van der Waals surface area contributed by atoms with Gasteiger partial charge in [0.25, 0.3) is 0 Å². The topological polar surface area (TPSA) is 41.3 Å². The van der Waals surface area contributed by atoms with Gasteiger partial charge in [0.2, 0.25) is 0 Å². The number of halogens is 2. The Morgan fingerprint density at radius 1 is 0.371 bits per heavy atom. The zero-order chi connectivity index (χ0) is 39.5. The van der Waals surface area contributed by atoms with E-state index in [0.717, 1.165) is 36.6 Å². The van der Waals surface area contributed by atoms with Gasteiger partial charge in [0, 0.05) is 82.4 Å². The van der Waals surface area contributed by atoms with Crippen LogP contribution in [-0.2, 0) is 47.2 Å². The molecule has 6 aromatic heterocycles. The van der Waals surface area contributed by atoms with Crippen LogP contribution in [0.5, 0.6) is 0 Å². The van der Waals surface area contributed by atoms with E-state index in [1.54, 1.807) is 0 Å². The van der Waals surface area contributed by atoms with Crippen molar-refractivity contribution >= 4 is 0 Å². The van der Waals surface area contributed by atoms with E-state index in [1.807, 2.05) is 57.9 Å². The molecule has 4 aliphatic rings. The minimum Gasteiger partial charge on any atom is -1.00 e. The number of aromatic nitrogens is 6. The van der Waals surface area contributed by atoms with Crippen molar-refractivity contribution in [3.63, 3.8) is 0 Å². The van der Waals surface area contributed by atoms with Crippen LogP contribution >= 0.6 is 0 Å². The molecule has 0 unspecified atom stereocenters. The van der Waals surface area contributed by atoms with Gasteiger partial charge in [-0.3, -0.25) is 0 Å². The Bertz CT molecular complexity index is 1860. The quantitative estimate of drug-likeness (QED) is 0.124. The van der Waals surface area contributed by atoms with Crippen LogP contribution in [0.15, 0.2) is 147 Å². The van der Waals surface area contributed by atoms with Gasteiger partial charge in [0.1, 0.15) is 12.4 Å². The average molecular weight is 1050 g/mol. The summed E-state index contributed by atoms with van der Waals surface area (Å²) >= 11 is 0. The van der Waals surface area contributed by atoms with Crippen LogP contribution in [0.2, 0.25) is 0 Å². The summed E-state index contributed by atoms with van der Waals surface area (Å²) < 4.78 is 8.73. The molecule has 0 aromatic carbocycles. The van der Waals surface area contributed by atoms with Crippen LogP contribution in [0.1, 0.15) is 116 Å². The summed E-state index contributed by atoms with van der Waals surface area (Å²) in [6.07, 6.45) is 46.9. The first-order valence-corrected chi connectivity index (χ1v) is 22.6. The summed E-state index contributed by atoms with van der Waals surface area (Å²) in [5, 5.41) is 0. The van der Waals surface area contributed by atoms with Gasteiger partial charge in [-0.05, 0) is 94.3 Å². The van der Waals surface area contributed by atoms with Gasteiger partial charge in [-0.25, -0.2) is 18.3 Å². The Morgan fingerprint density at radius 3 is 0.903 bits per heavy atom. The number of nitrogens with zero attached hydrogens (tertiary/aromatic N) is 6. The van der Waals surface area contributed by atoms with Crippen LogP contribution in [0.25, 0.3) is 33.9 Å². The second kappa shape index (κ2) is 30.2. The number of hydrogen-bond acceptors (Lipinski definition) is 2. The van der Waals surface area contributed by atoms with Crippen molar-refractivity contribution in [2.75, 3.05) is 0 Å². The van der Waals surface area contributed by atoms with E-state index < -0.39 is 0 Å². The predicted molar refractivity (Wildman–Crippen MR) is 233 cm³/mol. The van der Waals surface area contributed by atoms with Gasteiger partial charge >= 0.3 is 11.6 Å². The van der Waals surface area contributed by atoms with Gasteiger partial charge in [-0.15, -0.1) is 0 Å². The minimum atomic E-state index is 0. The van der Waals surface area contributed by atoms with Gasteiger partial charge in [-0.2, -0.15) is 0 Å². The minimum absolute atomic E-state index is 0. The van der Waals surface area contributed by atoms with Crippen LogP contribution in [0.4, 0.5) is 0 Å². The Morgan fingerprint density at radius 2 is 0.645 bits per heavy atom. The molecule has 0 saturated heterocycles. The zero-order valence-corrected chi connectivity index (χ0v) is 41.4. The molecule has 10 heteroatoms. The van der Waals surface area contributed by atoms with Crippen molar-refractivity contribution < 1.29 is 88.8 Å². The van der Waals surface area contributed by atoms with Crippen molar-refractivity contribution in [1.29, 1.82) is 0 Å². The fourth-order valence-electron chi connectivity index (χ4n) is 8.85. The standard InChI is InChI=1S/2C21H23N3.2C5H10.ClH.2Fe.HI/c2*1-2-6-18(5-1)17-23-13-8-19(9-14-23)20-10-15-24(16-11-20)21-7-3-4-12-22-21;2*1-2-4-5-3-1;;;;/h2*3-4,7-16,18H,1-2,5-6,17H2;2*1-5H2;1H;;;1H/q2*+2;;;;;;/p-2. The SMILES string of the molecule is C1CCCC1.C1CCCC1.[Cl-].[Fe].[Fe].[I-].c1ccc(-[n+]2ccc(-c3cc[n+](CC4CCCC4)cc3)cc2)nc1.c1ccc(-[n+]2ccc(-c3cc[n+](CC4CCCC4)cc3)cc2)nc1. The normalized spacial score (nSPS) is 15.4. The molecule has 332 valence electrons. The van der Waals surface area contributed by atoms with E-state index in [1.165, 1.54) is 138 Å². The molecular formula is C52H66ClFe2IN6+2. The monoisotopic (exact) mass is 1050 g/mol. The van der Waals surface area contributed by atoms with Gasteiger partial charge in [0.15, 0.2) is 37.9 Å². The Hall–Kier alpha value is -3.04. The third-order valence-electron chi connectivity index (χ3n) is 12.3. The van der Waals surface area contributed by atoms with E-state index in [2.05, 4.69) is 117 Å². The summed E-state index contributed by atoms with van der Waals surface area (Å²) in [6.45, 7) is 2.32. The Kier molecular flexibility index (Phi) is 25.9. The molecule has 0 spiro atoms. The van der Waals surface area contributed by atoms with E-state index in [4.69, 9.17) is 0 Å². The summed E-state index contributed by atoms with van der Waals surface area (Å²) in [7, 11) is 0. The summed E-state index contributed by atoms with van der Waals surface area (Å²) in [6, 6.07) is 29.3. The molecule has 6 nitrogen and oxygen atoms in total. The number of pyridine rings is 6. The number of rotatable bonds is 8. The molecule has 6 aromatic rings. The van der Waals surface area contributed by atoms with Gasteiger partial charge < -0.3 is 36.4 Å². The summed E-state index contributed by atoms with van der Waals surface area (Å²) in [4.78, 5) is 8.74. The maximum absolute atomic E-state index is 4.37. The van der Waals surface area contributed by atoms with Crippen molar-refractivity contribution in [1.82, 2.24) is 9.97 Å². The second-order valence-electron chi connectivity index (χ2n) is 16.8. The molecular weight excluding hydrogens is 983 g/mol. The Balaban J connectivity index is 0.000000255. The van der Waals surface area contributed by atoms with Crippen molar-refractivity contribution in [3.05, 3.63) is 147 Å². The zero-order valence-electron chi connectivity index (χ0n) is 36.3. The molecule has 0 aliphatic heterocycles. The van der Waals surface area contributed by atoms with E-state index in [9.17, 15) is 0 Å². The summed E-state index contributed by atoms with van der Waals surface area (Å²) in [5.74, 6) is 3.61. The predicted octanol–water partition coefficient (Wildman–Crippen LogP) is 4.91. The smallest absolute Gasteiger partial charge is 0.327 e. The van der Waals surface area contributed by atoms with E-state index >= 15 is 0 Å². The van der Waals surface area contributed by atoms with E-state index in [-0.39, 0.29) is 70.5 Å². The van der Waals surface area contributed by atoms with Gasteiger partial charge in [0.05, 0.1) is 24.8 Å². The first-order chi connectivity index (χ1) is 28.8. The molecule has 4 fully saturated rings. The maximum Gasteiger partial charge on any atom is 0.327 e. The molecule has 62 heavy (non-hydrogen) atoms. The Labute approximate surface area is 416 Å².